The molecule has 0 saturated carbocycles. The van der Waals surface area contributed by atoms with Crippen molar-refractivity contribution in [1.82, 2.24) is 9.19 Å². The first kappa shape index (κ1) is 19.6. The van der Waals surface area contributed by atoms with Crippen molar-refractivity contribution < 1.29 is 27.4 Å². The number of aromatic nitrogens is 2. The molecule has 0 aliphatic carbocycles. The molecule has 1 N–H and O–H groups in total. The van der Waals surface area contributed by atoms with Crippen molar-refractivity contribution in [2.24, 2.45) is 0 Å². The molecule has 4 aromatic rings. The molecule has 7 nitrogen and oxygen atoms in total. The van der Waals surface area contributed by atoms with Crippen molar-refractivity contribution in [3.63, 3.8) is 0 Å². The van der Waals surface area contributed by atoms with Gasteiger partial charge in [-0.2, -0.15) is 17.6 Å². The Balaban J connectivity index is 1.92. The maximum Gasteiger partial charge on any atom is 0.335 e. The summed E-state index contributed by atoms with van der Waals surface area (Å²) in [5.74, 6) is -1.18. The average Bonchev–Trinajstić information content (AvgIpc) is 3.15. The number of aromatic carboxylic acids is 1. The van der Waals surface area contributed by atoms with Gasteiger partial charge in [0.15, 0.2) is 0 Å². The van der Waals surface area contributed by atoms with Crippen molar-refractivity contribution in [2.75, 3.05) is 6.86 Å². The number of rotatable bonds is 6. The van der Waals surface area contributed by atoms with Gasteiger partial charge in [0.1, 0.15) is 16.3 Å². The van der Waals surface area contributed by atoms with E-state index in [4.69, 9.17) is 9.84 Å². The molecular weight excluding hydrogens is 411 g/mol. The van der Waals surface area contributed by atoms with Crippen molar-refractivity contribution >= 4 is 26.9 Å². The van der Waals surface area contributed by atoms with E-state index in [1.807, 2.05) is 0 Å². The fourth-order valence-corrected chi connectivity index (χ4v) is 4.57. The molecule has 0 saturated heterocycles. The van der Waals surface area contributed by atoms with Crippen LogP contribution in [-0.4, -0.2) is 35.5 Å². The number of hydrogen-bond acceptors (Lipinski definition) is 5. The lowest BCUT2D eigenvalue weighted by molar-refractivity contribution is 0.0697. The summed E-state index contributed by atoms with van der Waals surface area (Å²) in [7, 11) is -4.21. The molecule has 152 valence electrons. The maximum absolute atomic E-state index is 13.4. The summed E-state index contributed by atoms with van der Waals surface area (Å²) in [6.45, 7) is -1.17. The first-order chi connectivity index (χ1) is 14.4. The van der Waals surface area contributed by atoms with E-state index in [0.29, 0.717) is 22.2 Å². The molecule has 0 fully saturated rings. The van der Waals surface area contributed by atoms with Gasteiger partial charge >= 0.3 is 5.97 Å². The SMILES string of the molecule is O=C(O)c1ccc(-c2nn(S(=O)(=O)c3ccccc3OCF)c3ccccc23)cc1. The average molecular weight is 426 g/mol. The number of carbonyl (C=O) groups is 1. The zero-order chi connectivity index (χ0) is 21.3. The number of benzene rings is 3. The number of carboxylic acid groups (broad SMARTS) is 1. The topological polar surface area (TPSA) is 98.5 Å². The fourth-order valence-electron chi connectivity index (χ4n) is 3.14. The van der Waals surface area contributed by atoms with Gasteiger partial charge in [-0.3, -0.25) is 0 Å². The molecule has 4 rings (SSSR count). The number of carboxylic acids is 1. The van der Waals surface area contributed by atoms with Crippen LogP contribution in [0.4, 0.5) is 4.39 Å². The van der Waals surface area contributed by atoms with Crippen LogP contribution in [0.2, 0.25) is 0 Å². The van der Waals surface area contributed by atoms with Gasteiger partial charge in [-0.05, 0) is 30.3 Å². The molecule has 0 unspecified atom stereocenters. The van der Waals surface area contributed by atoms with Gasteiger partial charge in [0.25, 0.3) is 10.0 Å². The lowest BCUT2D eigenvalue weighted by atomic mass is 10.1. The third kappa shape index (κ3) is 3.29. The van der Waals surface area contributed by atoms with Crippen LogP contribution in [0, 0.1) is 0 Å². The summed E-state index contributed by atoms with van der Waals surface area (Å²) in [5.41, 5.74) is 1.35. The van der Waals surface area contributed by atoms with Crippen molar-refractivity contribution in [3.8, 4) is 17.0 Å². The van der Waals surface area contributed by atoms with Crippen LogP contribution >= 0.6 is 0 Å². The van der Waals surface area contributed by atoms with E-state index < -0.39 is 22.9 Å². The van der Waals surface area contributed by atoms with Gasteiger partial charge in [0.05, 0.1) is 11.1 Å². The first-order valence-electron chi connectivity index (χ1n) is 8.78. The Hall–Kier alpha value is -3.72. The molecule has 0 bridgehead atoms. The Bertz CT molecular complexity index is 1350. The Labute approximate surface area is 171 Å². The van der Waals surface area contributed by atoms with Gasteiger partial charge in [-0.25, -0.2) is 9.18 Å². The molecule has 1 aromatic heterocycles. The summed E-state index contributed by atoms with van der Waals surface area (Å²) < 4.78 is 45.2. The van der Waals surface area contributed by atoms with Crippen LogP contribution in [-0.2, 0) is 10.0 Å². The second-order valence-corrected chi connectivity index (χ2v) is 8.03. The minimum Gasteiger partial charge on any atom is -0.478 e. The van der Waals surface area contributed by atoms with Gasteiger partial charge in [-0.1, -0.05) is 42.5 Å². The molecule has 0 aliphatic rings. The first-order valence-corrected chi connectivity index (χ1v) is 10.2. The Morgan fingerprint density at radius 1 is 1.00 bits per heavy atom. The van der Waals surface area contributed by atoms with Gasteiger partial charge in [0.2, 0.25) is 6.86 Å². The quantitative estimate of drug-likeness (QED) is 0.501. The lowest BCUT2D eigenvalue weighted by Gasteiger charge is -2.10. The van der Waals surface area contributed by atoms with E-state index in [2.05, 4.69) is 5.10 Å². The predicted octanol–water partition coefficient (Wildman–Crippen LogP) is 3.94. The van der Waals surface area contributed by atoms with E-state index in [1.165, 1.54) is 30.3 Å². The van der Waals surface area contributed by atoms with E-state index in [1.54, 1.807) is 42.5 Å². The van der Waals surface area contributed by atoms with Gasteiger partial charge < -0.3 is 9.84 Å². The monoisotopic (exact) mass is 426 g/mol. The highest BCUT2D eigenvalue weighted by atomic mass is 32.2. The number of alkyl halides is 1. The predicted molar refractivity (Wildman–Crippen MR) is 108 cm³/mol. The van der Waals surface area contributed by atoms with Crippen molar-refractivity contribution in [3.05, 3.63) is 78.4 Å². The molecule has 0 amide bonds. The number of hydrogen-bond donors (Lipinski definition) is 1. The molecule has 30 heavy (non-hydrogen) atoms. The van der Waals surface area contributed by atoms with E-state index in [0.717, 1.165) is 4.09 Å². The highest BCUT2D eigenvalue weighted by Crippen LogP contribution is 2.32. The third-order valence-electron chi connectivity index (χ3n) is 4.53. The minimum absolute atomic E-state index is 0.104. The third-order valence-corrected chi connectivity index (χ3v) is 6.15. The van der Waals surface area contributed by atoms with E-state index >= 15 is 0 Å². The van der Waals surface area contributed by atoms with E-state index in [9.17, 15) is 17.6 Å². The molecule has 0 spiro atoms. The van der Waals surface area contributed by atoms with Crippen molar-refractivity contribution in [1.29, 1.82) is 0 Å². The minimum atomic E-state index is -4.21. The maximum atomic E-state index is 13.4. The highest BCUT2D eigenvalue weighted by Gasteiger charge is 2.26. The Morgan fingerprint density at radius 3 is 2.37 bits per heavy atom. The number of para-hydroxylation sites is 2. The highest BCUT2D eigenvalue weighted by molar-refractivity contribution is 7.90. The van der Waals surface area contributed by atoms with Crippen LogP contribution in [0.3, 0.4) is 0 Å². The summed E-state index contributed by atoms with van der Waals surface area (Å²) in [6, 6.07) is 18.5. The summed E-state index contributed by atoms with van der Waals surface area (Å²) in [6.07, 6.45) is 0. The van der Waals surface area contributed by atoms with Crippen LogP contribution in [0.25, 0.3) is 22.2 Å². The summed E-state index contributed by atoms with van der Waals surface area (Å²) in [5, 5.41) is 14.0. The largest absolute Gasteiger partial charge is 0.478 e. The summed E-state index contributed by atoms with van der Waals surface area (Å²) in [4.78, 5) is 10.9. The summed E-state index contributed by atoms with van der Waals surface area (Å²) >= 11 is 0. The molecule has 0 radical (unpaired) electrons. The molecule has 3 aromatic carbocycles. The molecule has 0 atom stereocenters. The molecule has 9 heteroatoms. The Kier molecular flexibility index (Phi) is 4.96. The zero-order valence-electron chi connectivity index (χ0n) is 15.4. The van der Waals surface area contributed by atoms with Crippen LogP contribution in [0.5, 0.6) is 5.75 Å². The van der Waals surface area contributed by atoms with Gasteiger partial charge in [0, 0.05) is 10.9 Å². The second-order valence-electron chi connectivity index (χ2n) is 6.30. The smallest absolute Gasteiger partial charge is 0.335 e. The number of halogens is 1. The Morgan fingerprint density at radius 2 is 1.67 bits per heavy atom. The fraction of sp³-hybridized carbons (Fsp3) is 0.0476. The van der Waals surface area contributed by atoms with Crippen molar-refractivity contribution in [2.45, 2.75) is 4.90 Å². The van der Waals surface area contributed by atoms with Crippen LogP contribution in [0.1, 0.15) is 10.4 Å². The molecule has 1 heterocycles. The lowest BCUT2D eigenvalue weighted by Crippen LogP contribution is -2.15. The molecule has 0 aliphatic heterocycles. The standard InChI is InChI=1S/C21H15FN2O5S/c22-13-29-18-7-3-4-8-19(18)30(27,28)24-17-6-2-1-5-16(17)20(23-24)14-9-11-15(12-10-14)21(25)26/h1-12H,13H2,(H,25,26). The second kappa shape index (κ2) is 7.60. The number of fused-ring (bicyclic) bond motifs is 1. The van der Waals surface area contributed by atoms with Crippen LogP contribution in [0.15, 0.2) is 77.7 Å². The van der Waals surface area contributed by atoms with E-state index in [-0.39, 0.29) is 16.2 Å². The molecular formula is C21H15FN2O5S. The normalized spacial score (nSPS) is 11.5. The zero-order valence-corrected chi connectivity index (χ0v) is 16.2. The van der Waals surface area contributed by atoms with Gasteiger partial charge in [-0.15, -0.1) is 0 Å². The number of ether oxygens (including phenoxy) is 1. The van der Waals surface area contributed by atoms with Crippen LogP contribution < -0.4 is 4.74 Å². The number of nitrogens with zero attached hydrogens (tertiary/aromatic N) is 2.